The van der Waals surface area contributed by atoms with Crippen molar-refractivity contribution < 1.29 is 23.9 Å². The maximum Gasteiger partial charge on any atom is 0.319 e. The number of nitrogens with zero attached hydrogens (tertiary/aromatic N) is 4. The van der Waals surface area contributed by atoms with Gasteiger partial charge < -0.3 is 29.7 Å². The maximum absolute atomic E-state index is 12.5. The summed E-state index contributed by atoms with van der Waals surface area (Å²) in [5.74, 6) is 1.27. The smallest absolute Gasteiger partial charge is 0.319 e. The maximum atomic E-state index is 12.5. The number of hydrogen-bond donors (Lipinski definition) is 2. The Labute approximate surface area is 231 Å². The molecule has 1 heterocycles. The number of carbonyl (C=O) groups excluding carboxylic acids is 1. The van der Waals surface area contributed by atoms with E-state index in [9.17, 15) is 14.9 Å². The van der Waals surface area contributed by atoms with E-state index in [-0.39, 0.29) is 23.0 Å². The molecule has 0 saturated carbocycles. The van der Waals surface area contributed by atoms with Crippen molar-refractivity contribution in [3.8, 4) is 23.1 Å². The number of likely N-dealkylation sites (N-methyl/N-ethyl adjacent to an activating group) is 1. The van der Waals surface area contributed by atoms with Gasteiger partial charge in [-0.25, -0.2) is 14.8 Å². The molecular weight excluding hydrogens is 516 g/mol. The van der Waals surface area contributed by atoms with Gasteiger partial charge in [-0.05, 0) is 49.7 Å². The number of amides is 2. The first-order chi connectivity index (χ1) is 19.3. The summed E-state index contributed by atoms with van der Waals surface area (Å²) in [7, 11) is 3.02. The topological polar surface area (TPSA) is 141 Å². The van der Waals surface area contributed by atoms with Crippen LogP contribution in [0.5, 0.6) is 23.1 Å². The third kappa shape index (κ3) is 6.46. The van der Waals surface area contributed by atoms with Crippen LogP contribution in [0.2, 0.25) is 0 Å². The number of nitrogens with one attached hydrogen (secondary N) is 2. The number of ether oxygens (including phenoxy) is 3. The Morgan fingerprint density at radius 1 is 1.05 bits per heavy atom. The van der Waals surface area contributed by atoms with Gasteiger partial charge in [0.25, 0.3) is 5.69 Å². The highest BCUT2D eigenvalue weighted by atomic mass is 16.6. The van der Waals surface area contributed by atoms with E-state index in [2.05, 4.69) is 31.6 Å². The lowest BCUT2D eigenvalue weighted by Gasteiger charge is -2.23. The fourth-order valence-electron chi connectivity index (χ4n) is 4.15. The summed E-state index contributed by atoms with van der Waals surface area (Å²) in [5, 5.41) is 17.7. The standard InChI is InChI=1S/C28H30N6O6/c1-5-33(19-8-6-7-18(2)13-19)12-11-29-28(35)32-22-10-9-20(14-24(22)34(36)37)40-27-21-15-25(38-3)26(39-4)16-23(21)30-17-31-27/h6-10,13-17H,5,11-12H2,1-4H3,(H2,29,32,35). The number of aromatic nitrogens is 2. The third-order valence-corrected chi connectivity index (χ3v) is 6.15. The van der Waals surface area contributed by atoms with E-state index in [1.807, 2.05) is 32.0 Å². The van der Waals surface area contributed by atoms with Gasteiger partial charge in [0.05, 0.1) is 36.1 Å². The first kappa shape index (κ1) is 27.9. The molecule has 0 aliphatic heterocycles. The lowest BCUT2D eigenvalue weighted by atomic mass is 10.2. The van der Waals surface area contributed by atoms with Crippen molar-refractivity contribution in [2.75, 3.05) is 44.1 Å². The average Bonchev–Trinajstić information content (AvgIpc) is 2.95. The van der Waals surface area contributed by atoms with Crippen LogP contribution in [-0.2, 0) is 0 Å². The molecule has 1 aromatic heterocycles. The first-order valence-electron chi connectivity index (χ1n) is 12.5. The van der Waals surface area contributed by atoms with Crippen molar-refractivity contribution in [3.63, 3.8) is 0 Å². The second-order valence-corrected chi connectivity index (χ2v) is 8.74. The van der Waals surface area contributed by atoms with Crippen LogP contribution < -0.4 is 29.7 Å². The van der Waals surface area contributed by atoms with E-state index < -0.39 is 11.0 Å². The van der Waals surface area contributed by atoms with Crippen molar-refractivity contribution in [1.82, 2.24) is 15.3 Å². The number of nitro benzene ring substituents is 1. The molecule has 12 nitrogen and oxygen atoms in total. The zero-order chi connectivity index (χ0) is 28.6. The van der Waals surface area contributed by atoms with Gasteiger partial charge in [-0.3, -0.25) is 10.1 Å². The highest BCUT2D eigenvalue weighted by molar-refractivity contribution is 5.92. The van der Waals surface area contributed by atoms with Crippen LogP contribution in [-0.4, -0.2) is 54.8 Å². The quantitative estimate of drug-likeness (QED) is 0.189. The number of hydrogen-bond acceptors (Lipinski definition) is 9. The third-order valence-electron chi connectivity index (χ3n) is 6.15. The van der Waals surface area contributed by atoms with Crippen LogP contribution in [0.25, 0.3) is 10.9 Å². The zero-order valence-electron chi connectivity index (χ0n) is 22.6. The lowest BCUT2D eigenvalue weighted by Crippen LogP contribution is -2.37. The van der Waals surface area contributed by atoms with Gasteiger partial charge in [0.15, 0.2) is 11.5 Å². The van der Waals surface area contributed by atoms with Crippen molar-refractivity contribution in [2.45, 2.75) is 13.8 Å². The molecule has 0 aliphatic carbocycles. The monoisotopic (exact) mass is 546 g/mol. The Morgan fingerprint density at radius 3 is 2.52 bits per heavy atom. The molecule has 4 rings (SSSR count). The Balaban J connectivity index is 1.46. The molecule has 0 atom stereocenters. The molecule has 2 N–H and O–H groups in total. The molecule has 12 heteroatoms. The summed E-state index contributed by atoms with van der Waals surface area (Å²) in [6.45, 7) is 5.74. The van der Waals surface area contributed by atoms with Gasteiger partial charge in [0.2, 0.25) is 5.88 Å². The zero-order valence-corrected chi connectivity index (χ0v) is 22.6. The van der Waals surface area contributed by atoms with Gasteiger partial charge in [0.1, 0.15) is 17.8 Å². The molecule has 3 aromatic carbocycles. The molecule has 0 saturated heterocycles. The van der Waals surface area contributed by atoms with Crippen LogP contribution in [0.1, 0.15) is 12.5 Å². The largest absolute Gasteiger partial charge is 0.493 e. The van der Waals surface area contributed by atoms with Crippen LogP contribution in [0.15, 0.2) is 60.9 Å². The van der Waals surface area contributed by atoms with Crippen molar-refractivity contribution in [1.29, 1.82) is 0 Å². The van der Waals surface area contributed by atoms with Crippen molar-refractivity contribution in [3.05, 3.63) is 76.6 Å². The molecule has 208 valence electrons. The van der Waals surface area contributed by atoms with E-state index >= 15 is 0 Å². The van der Waals surface area contributed by atoms with Crippen molar-refractivity contribution >= 4 is 34.0 Å². The van der Waals surface area contributed by atoms with Crippen LogP contribution in [0.3, 0.4) is 0 Å². The van der Waals surface area contributed by atoms with Crippen molar-refractivity contribution in [2.24, 2.45) is 0 Å². The van der Waals surface area contributed by atoms with E-state index in [1.165, 1.54) is 38.7 Å². The molecule has 4 aromatic rings. The minimum absolute atomic E-state index is 0.0276. The predicted molar refractivity (Wildman–Crippen MR) is 152 cm³/mol. The summed E-state index contributed by atoms with van der Waals surface area (Å²) in [6, 6.07) is 15.0. The summed E-state index contributed by atoms with van der Waals surface area (Å²) >= 11 is 0. The Morgan fingerprint density at radius 2 is 1.82 bits per heavy atom. The fourth-order valence-corrected chi connectivity index (χ4v) is 4.15. The molecule has 0 fully saturated rings. The molecular formula is C28H30N6O6. The van der Waals surface area contributed by atoms with E-state index in [0.29, 0.717) is 35.5 Å². The SMILES string of the molecule is CCN(CCNC(=O)Nc1ccc(Oc2ncnc3cc(OC)c(OC)cc23)cc1[N+](=O)[O-])c1cccc(C)c1. The highest BCUT2D eigenvalue weighted by Crippen LogP contribution is 2.37. The molecule has 0 radical (unpaired) electrons. The number of rotatable bonds is 11. The molecule has 0 bridgehead atoms. The minimum Gasteiger partial charge on any atom is -0.493 e. The van der Waals surface area contributed by atoms with Gasteiger partial charge >= 0.3 is 6.03 Å². The van der Waals surface area contributed by atoms with Gasteiger partial charge in [-0.1, -0.05) is 12.1 Å². The number of aryl methyl sites for hydroxylation is 1. The summed E-state index contributed by atoms with van der Waals surface area (Å²) in [6.07, 6.45) is 1.32. The van der Waals surface area contributed by atoms with Gasteiger partial charge in [0, 0.05) is 31.4 Å². The number of methoxy groups -OCH3 is 2. The summed E-state index contributed by atoms with van der Waals surface area (Å²) in [4.78, 5) is 34.3. The second kappa shape index (κ2) is 12.6. The predicted octanol–water partition coefficient (Wildman–Crippen LogP) is 5.30. The normalized spacial score (nSPS) is 10.6. The number of benzene rings is 3. The molecule has 2 amide bonds. The number of anilines is 2. The summed E-state index contributed by atoms with van der Waals surface area (Å²) in [5.41, 5.74) is 2.44. The van der Waals surface area contributed by atoms with Gasteiger partial charge in [-0.2, -0.15) is 0 Å². The Bertz CT molecular complexity index is 1530. The minimum atomic E-state index is -0.592. The Kier molecular flexibility index (Phi) is 8.79. The lowest BCUT2D eigenvalue weighted by molar-refractivity contribution is -0.384. The van der Waals surface area contributed by atoms with Crippen LogP contribution in [0.4, 0.5) is 21.9 Å². The van der Waals surface area contributed by atoms with E-state index in [1.54, 1.807) is 12.1 Å². The van der Waals surface area contributed by atoms with Crippen LogP contribution >= 0.6 is 0 Å². The number of carbonyl (C=O) groups is 1. The molecule has 0 aliphatic rings. The van der Waals surface area contributed by atoms with Crippen LogP contribution in [0, 0.1) is 17.0 Å². The highest BCUT2D eigenvalue weighted by Gasteiger charge is 2.19. The first-order valence-corrected chi connectivity index (χ1v) is 12.5. The molecule has 0 spiro atoms. The fraction of sp³-hybridized carbons (Fsp3) is 0.250. The molecule has 40 heavy (non-hydrogen) atoms. The number of fused-ring (bicyclic) bond motifs is 1. The second-order valence-electron chi connectivity index (χ2n) is 8.74. The average molecular weight is 547 g/mol. The van der Waals surface area contributed by atoms with E-state index in [0.717, 1.165) is 17.8 Å². The Hall–Kier alpha value is -5.13. The number of urea groups is 1. The number of nitro groups is 1. The van der Waals surface area contributed by atoms with Gasteiger partial charge in [-0.15, -0.1) is 0 Å². The van der Waals surface area contributed by atoms with E-state index in [4.69, 9.17) is 14.2 Å². The molecule has 0 unspecified atom stereocenters. The summed E-state index contributed by atoms with van der Waals surface area (Å²) < 4.78 is 16.5.